The molecule has 0 saturated heterocycles. The van der Waals surface area contributed by atoms with Gasteiger partial charge in [0.25, 0.3) is 0 Å². The van der Waals surface area contributed by atoms with Crippen molar-refractivity contribution in [3.05, 3.63) is 40.2 Å². The molecule has 76 valence electrons. The van der Waals surface area contributed by atoms with Gasteiger partial charge < -0.3 is 5.11 Å². The highest BCUT2D eigenvalue weighted by atomic mass is 32.1. The Labute approximate surface area is 91.0 Å². The van der Waals surface area contributed by atoms with Gasteiger partial charge in [-0.3, -0.25) is 4.98 Å². The fraction of sp³-hybridized carbons (Fsp3) is 0.0909. The number of carboxylic acid groups (broad SMARTS) is 1. The zero-order valence-corrected chi connectivity index (χ0v) is 8.91. The van der Waals surface area contributed by atoms with E-state index in [0.717, 1.165) is 11.3 Å². The highest BCUT2D eigenvalue weighted by Gasteiger charge is 2.09. The summed E-state index contributed by atoms with van der Waals surface area (Å²) in [6, 6.07) is 5.29. The predicted molar refractivity (Wildman–Crippen MR) is 59.2 cm³/mol. The van der Waals surface area contributed by atoms with Gasteiger partial charge in [0.15, 0.2) is 0 Å². The number of carboxylic acids is 1. The van der Waals surface area contributed by atoms with Crippen LogP contribution in [0.1, 0.15) is 16.1 Å². The smallest absolute Gasteiger partial charge is 0.337 e. The van der Waals surface area contributed by atoms with E-state index >= 15 is 0 Å². The number of nitrogens with zero attached hydrogens (tertiary/aromatic N) is 1. The molecule has 0 aliphatic carbocycles. The zero-order valence-electron chi connectivity index (χ0n) is 8.10. The van der Waals surface area contributed by atoms with Gasteiger partial charge >= 0.3 is 5.97 Å². The lowest BCUT2D eigenvalue weighted by Gasteiger charge is -2.02. The summed E-state index contributed by atoms with van der Waals surface area (Å²) in [7, 11) is 0. The third-order valence-corrected chi connectivity index (χ3v) is 2.82. The molecule has 0 amide bonds. The molecule has 3 nitrogen and oxygen atoms in total. The molecular formula is C11H9NO2S. The number of aromatic nitrogens is 1. The van der Waals surface area contributed by atoms with Crippen LogP contribution in [0.25, 0.3) is 11.3 Å². The molecule has 0 radical (unpaired) electrons. The third kappa shape index (κ3) is 1.89. The van der Waals surface area contributed by atoms with E-state index in [4.69, 9.17) is 5.11 Å². The van der Waals surface area contributed by atoms with Crippen LogP contribution in [0.4, 0.5) is 0 Å². The van der Waals surface area contributed by atoms with Crippen molar-refractivity contribution in [2.45, 2.75) is 6.92 Å². The molecule has 0 aromatic carbocycles. The number of hydrogen-bond acceptors (Lipinski definition) is 3. The second-order valence-corrected chi connectivity index (χ2v) is 3.93. The van der Waals surface area contributed by atoms with Gasteiger partial charge in [-0.25, -0.2) is 4.79 Å². The van der Waals surface area contributed by atoms with Crippen LogP contribution in [0.5, 0.6) is 0 Å². The van der Waals surface area contributed by atoms with Crippen molar-refractivity contribution in [1.29, 1.82) is 0 Å². The molecule has 0 spiro atoms. The van der Waals surface area contributed by atoms with Crippen molar-refractivity contribution >= 4 is 17.3 Å². The van der Waals surface area contributed by atoms with Gasteiger partial charge in [0.05, 0.1) is 17.0 Å². The minimum atomic E-state index is -0.933. The monoisotopic (exact) mass is 219 g/mol. The molecule has 2 aromatic rings. The first-order valence-corrected chi connectivity index (χ1v) is 5.36. The first kappa shape index (κ1) is 9.86. The largest absolute Gasteiger partial charge is 0.478 e. The Balaban J connectivity index is 2.47. The van der Waals surface area contributed by atoms with Crippen molar-refractivity contribution in [2.75, 3.05) is 0 Å². The van der Waals surface area contributed by atoms with Gasteiger partial charge in [0.2, 0.25) is 0 Å². The van der Waals surface area contributed by atoms with E-state index in [1.807, 2.05) is 16.8 Å². The van der Waals surface area contributed by atoms with Gasteiger partial charge in [-0.2, -0.15) is 11.3 Å². The fourth-order valence-electron chi connectivity index (χ4n) is 1.36. The average molecular weight is 219 g/mol. The highest BCUT2D eigenvalue weighted by Crippen LogP contribution is 2.21. The molecule has 15 heavy (non-hydrogen) atoms. The second kappa shape index (κ2) is 3.82. The van der Waals surface area contributed by atoms with Crippen LogP contribution in [-0.2, 0) is 0 Å². The van der Waals surface area contributed by atoms with Crippen molar-refractivity contribution in [3.63, 3.8) is 0 Å². The lowest BCUT2D eigenvalue weighted by molar-refractivity contribution is 0.0695. The maximum Gasteiger partial charge on any atom is 0.337 e. The molecule has 0 aliphatic rings. The van der Waals surface area contributed by atoms with Gasteiger partial charge in [0, 0.05) is 10.9 Å². The van der Waals surface area contributed by atoms with Crippen LogP contribution < -0.4 is 0 Å². The van der Waals surface area contributed by atoms with Crippen LogP contribution in [0.3, 0.4) is 0 Å². The molecule has 0 bridgehead atoms. The fourth-order valence-corrected chi connectivity index (χ4v) is 2.01. The van der Waals surface area contributed by atoms with Crippen LogP contribution in [-0.4, -0.2) is 16.1 Å². The van der Waals surface area contributed by atoms with Crippen LogP contribution in [0.2, 0.25) is 0 Å². The Morgan fingerprint density at radius 3 is 2.73 bits per heavy atom. The number of pyridine rings is 1. The maximum absolute atomic E-state index is 10.8. The van der Waals surface area contributed by atoms with E-state index in [1.165, 1.54) is 0 Å². The van der Waals surface area contributed by atoms with Gasteiger partial charge in [-0.1, -0.05) is 0 Å². The maximum atomic E-state index is 10.8. The number of aromatic carboxylic acids is 1. The Kier molecular flexibility index (Phi) is 2.51. The average Bonchev–Trinajstić information content (AvgIpc) is 2.69. The molecule has 4 heteroatoms. The minimum absolute atomic E-state index is 0.258. The molecule has 1 N–H and O–H groups in total. The first-order chi connectivity index (χ1) is 7.18. The predicted octanol–water partition coefficient (Wildman–Crippen LogP) is 2.82. The Hall–Kier alpha value is -1.68. The van der Waals surface area contributed by atoms with Crippen LogP contribution in [0, 0.1) is 6.92 Å². The van der Waals surface area contributed by atoms with E-state index in [9.17, 15) is 4.79 Å². The number of hydrogen-bond donors (Lipinski definition) is 1. The summed E-state index contributed by atoms with van der Waals surface area (Å²) in [6.45, 7) is 1.71. The van der Waals surface area contributed by atoms with E-state index in [0.29, 0.717) is 5.69 Å². The number of thiophene rings is 1. The summed E-state index contributed by atoms with van der Waals surface area (Å²) in [5.74, 6) is -0.933. The molecule has 2 rings (SSSR count). The molecular weight excluding hydrogens is 210 g/mol. The first-order valence-electron chi connectivity index (χ1n) is 4.42. The van der Waals surface area contributed by atoms with Crippen molar-refractivity contribution in [3.8, 4) is 11.3 Å². The van der Waals surface area contributed by atoms with Crippen molar-refractivity contribution in [2.24, 2.45) is 0 Å². The van der Waals surface area contributed by atoms with Gasteiger partial charge in [0.1, 0.15) is 0 Å². The Bertz CT molecular complexity index is 491. The summed E-state index contributed by atoms with van der Waals surface area (Å²) in [6.07, 6.45) is 0. The van der Waals surface area contributed by atoms with Gasteiger partial charge in [-0.15, -0.1) is 0 Å². The van der Waals surface area contributed by atoms with Crippen molar-refractivity contribution < 1.29 is 9.90 Å². The van der Waals surface area contributed by atoms with E-state index < -0.39 is 5.97 Å². The quantitative estimate of drug-likeness (QED) is 0.844. The minimum Gasteiger partial charge on any atom is -0.478 e. The summed E-state index contributed by atoms with van der Waals surface area (Å²) in [5.41, 5.74) is 2.65. The van der Waals surface area contributed by atoms with Crippen molar-refractivity contribution in [1.82, 2.24) is 4.98 Å². The molecule has 0 fully saturated rings. The second-order valence-electron chi connectivity index (χ2n) is 3.15. The van der Waals surface area contributed by atoms with Crippen LogP contribution >= 0.6 is 11.3 Å². The standard InChI is InChI=1S/C11H9NO2S/c1-7-9(11(13)14)2-3-10(12-7)8-4-5-15-6-8/h2-6H,1H3,(H,13,14). The third-order valence-electron chi connectivity index (χ3n) is 2.13. The molecule has 0 aliphatic heterocycles. The van der Waals surface area contributed by atoms with Gasteiger partial charge in [-0.05, 0) is 30.5 Å². The summed E-state index contributed by atoms with van der Waals surface area (Å²) < 4.78 is 0. The lowest BCUT2D eigenvalue weighted by atomic mass is 10.1. The molecule has 0 atom stereocenters. The lowest BCUT2D eigenvalue weighted by Crippen LogP contribution is -2.01. The number of carbonyl (C=O) groups is 1. The SMILES string of the molecule is Cc1nc(-c2ccsc2)ccc1C(=O)O. The normalized spacial score (nSPS) is 10.2. The molecule has 0 saturated carbocycles. The zero-order chi connectivity index (χ0) is 10.8. The summed E-state index contributed by atoms with van der Waals surface area (Å²) in [5, 5.41) is 12.8. The molecule has 2 aromatic heterocycles. The number of aryl methyl sites for hydroxylation is 1. The molecule has 0 unspecified atom stereocenters. The summed E-state index contributed by atoms with van der Waals surface area (Å²) >= 11 is 1.59. The topological polar surface area (TPSA) is 50.2 Å². The van der Waals surface area contributed by atoms with Crippen LogP contribution in [0.15, 0.2) is 29.0 Å². The Morgan fingerprint density at radius 1 is 1.40 bits per heavy atom. The summed E-state index contributed by atoms with van der Waals surface area (Å²) in [4.78, 5) is 15.0. The van der Waals surface area contributed by atoms with E-state index in [1.54, 1.807) is 30.4 Å². The number of rotatable bonds is 2. The highest BCUT2D eigenvalue weighted by molar-refractivity contribution is 7.08. The van der Waals surface area contributed by atoms with E-state index in [2.05, 4.69) is 4.98 Å². The molecule has 2 heterocycles. The van der Waals surface area contributed by atoms with E-state index in [-0.39, 0.29) is 5.56 Å². The Morgan fingerprint density at radius 2 is 2.20 bits per heavy atom.